The van der Waals surface area contributed by atoms with Crippen molar-refractivity contribution in [2.75, 3.05) is 25.3 Å². The van der Waals surface area contributed by atoms with E-state index < -0.39 is 15.3 Å². The summed E-state index contributed by atoms with van der Waals surface area (Å²) in [6.45, 7) is 4.55. The average Bonchev–Trinajstić information content (AvgIpc) is 3.27. The summed E-state index contributed by atoms with van der Waals surface area (Å²) in [5.41, 5.74) is 1.74. The van der Waals surface area contributed by atoms with Crippen molar-refractivity contribution in [1.82, 2.24) is 4.98 Å². The molecule has 0 spiro atoms. The van der Waals surface area contributed by atoms with E-state index >= 15 is 0 Å². The first-order valence-electron chi connectivity index (χ1n) is 10.4. The molecule has 0 saturated heterocycles. The van der Waals surface area contributed by atoms with Crippen molar-refractivity contribution in [1.29, 1.82) is 5.26 Å². The lowest BCUT2D eigenvalue weighted by Crippen LogP contribution is -2.19. The molecule has 10 heteroatoms. The zero-order valence-electron chi connectivity index (χ0n) is 19.0. The van der Waals surface area contributed by atoms with Crippen molar-refractivity contribution in [3.8, 4) is 17.6 Å². The largest absolute Gasteiger partial charge is 0.493 e. The van der Waals surface area contributed by atoms with E-state index in [0.717, 1.165) is 23.8 Å². The zero-order chi connectivity index (χ0) is 24.9. The van der Waals surface area contributed by atoms with Gasteiger partial charge in [-0.15, -0.1) is 11.6 Å². The molecule has 34 heavy (non-hydrogen) atoms. The summed E-state index contributed by atoms with van der Waals surface area (Å²) in [5, 5.41) is 9.86. The van der Waals surface area contributed by atoms with Crippen LogP contribution < -0.4 is 9.47 Å². The Morgan fingerprint density at radius 3 is 2.44 bits per heavy atom. The Balaban J connectivity index is 1.73. The Morgan fingerprint density at radius 2 is 1.82 bits per heavy atom. The van der Waals surface area contributed by atoms with Gasteiger partial charge in [-0.25, -0.2) is 13.4 Å². The number of benzene rings is 2. The Hall–Kier alpha value is -2.73. The van der Waals surface area contributed by atoms with Crippen LogP contribution in [0.2, 0.25) is 5.02 Å². The third-order valence-corrected chi connectivity index (χ3v) is 6.81. The molecule has 0 aliphatic carbocycles. The van der Waals surface area contributed by atoms with E-state index in [-0.39, 0.29) is 30.4 Å². The lowest BCUT2D eigenvalue weighted by atomic mass is 9.77. The molecule has 0 N–H and O–H groups in total. The lowest BCUT2D eigenvalue weighted by Gasteiger charge is -2.27. The molecular weight excluding hydrogens is 499 g/mol. The van der Waals surface area contributed by atoms with E-state index in [1.54, 1.807) is 12.1 Å². The predicted octanol–water partition coefficient (Wildman–Crippen LogP) is 5.17. The normalized spacial score (nSPS) is 11.8. The first kappa shape index (κ1) is 25.9. The maximum atomic E-state index is 11.7. The molecule has 2 aromatic carbocycles. The van der Waals surface area contributed by atoms with Crippen molar-refractivity contribution in [2.45, 2.75) is 30.7 Å². The standard InChI is InChI=1S/C24H24Cl2N2O5S/c1-24(2,18-12-16(14-27)22(20(26)13-18)32-11-9-25)17-4-6-19(7-5-17)31-10-8-21-23(28-15-33-21)34(3,29)30/h4-7,12-13,15H,8-11H2,1-3H3. The van der Waals surface area contributed by atoms with Gasteiger partial charge in [0.15, 0.2) is 27.0 Å². The Kier molecular flexibility index (Phi) is 8.13. The summed E-state index contributed by atoms with van der Waals surface area (Å²) in [6, 6.07) is 13.3. The SMILES string of the molecule is CC(C)(c1ccc(OCCc2ocnc2S(C)(=O)=O)cc1)c1cc(Cl)c(OCCCl)c(C#N)c1. The van der Waals surface area contributed by atoms with Crippen LogP contribution in [0.15, 0.2) is 52.2 Å². The number of alkyl halides is 1. The van der Waals surface area contributed by atoms with Gasteiger partial charge in [-0.2, -0.15) is 5.26 Å². The van der Waals surface area contributed by atoms with Crippen molar-refractivity contribution in [3.05, 3.63) is 70.3 Å². The Labute approximate surface area is 209 Å². The summed E-state index contributed by atoms with van der Waals surface area (Å²) in [5.74, 6) is 1.52. The van der Waals surface area contributed by atoms with Gasteiger partial charge in [0.2, 0.25) is 0 Å². The molecule has 0 bridgehead atoms. The summed E-state index contributed by atoms with van der Waals surface area (Å²) in [7, 11) is -3.45. The van der Waals surface area contributed by atoms with Crippen LogP contribution in [0.1, 0.15) is 36.3 Å². The van der Waals surface area contributed by atoms with Crippen LogP contribution in [0.25, 0.3) is 0 Å². The van der Waals surface area contributed by atoms with Gasteiger partial charge in [0.25, 0.3) is 0 Å². The number of oxazole rings is 1. The number of nitrogens with zero attached hydrogens (tertiary/aromatic N) is 2. The minimum Gasteiger partial charge on any atom is -0.493 e. The van der Waals surface area contributed by atoms with Crippen LogP contribution in [0.3, 0.4) is 0 Å². The van der Waals surface area contributed by atoms with Gasteiger partial charge in [0.1, 0.15) is 24.2 Å². The van der Waals surface area contributed by atoms with Gasteiger partial charge in [0, 0.05) is 18.1 Å². The fraction of sp³-hybridized carbons (Fsp3) is 0.333. The molecule has 3 rings (SSSR count). The smallest absolute Gasteiger partial charge is 0.196 e. The van der Waals surface area contributed by atoms with Gasteiger partial charge >= 0.3 is 0 Å². The summed E-state index contributed by atoms with van der Waals surface area (Å²) in [6.07, 6.45) is 2.47. The lowest BCUT2D eigenvalue weighted by molar-refractivity contribution is 0.307. The highest BCUT2D eigenvalue weighted by molar-refractivity contribution is 7.90. The fourth-order valence-corrected chi connectivity index (χ4v) is 4.60. The van der Waals surface area contributed by atoms with E-state index in [4.69, 9.17) is 37.1 Å². The fourth-order valence-electron chi connectivity index (χ4n) is 3.45. The van der Waals surface area contributed by atoms with Crippen LogP contribution in [0.5, 0.6) is 11.5 Å². The molecule has 0 aliphatic heterocycles. The molecule has 0 unspecified atom stereocenters. The third-order valence-electron chi connectivity index (χ3n) is 5.34. The molecule has 0 aliphatic rings. The van der Waals surface area contributed by atoms with Crippen LogP contribution in [0, 0.1) is 11.3 Å². The molecule has 0 fully saturated rings. The first-order valence-corrected chi connectivity index (χ1v) is 13.2. The number of aromatic nitrogens is 1. The summed E-state index contributed by atoms with van der Waals surface area (Å²) in [4.78, 5) is 3.77. The molecule has 1 heterocycles. The van der Waals surface area contributed by atoms with Gasteiger partial charge in [0.05, 0.1) is 23.1 Å². The summed E-state index contributed by atoms with van der Waals surface area (Å²) >= 11 is 12.1. The highest BCUT2D eigenvalue weighted by atomic mass is 35.5. The monoisotopic (exact) mass is 522 g/mol. The van der Waals surface area contributed by atoms with E-state index in [1.165, 1.54) is 0 Å². The number of sulfone groups is 1. The molecule has 0 atom stereocenters. The molecule has 3 aromatic rings. The number of hydrogen-bond acceptors (Lipinski definition) is 7. The number of rotatable bonds is 10. The van der Waals surface area contributed by atoms with Gasteiger partial charge < -0.3 is 13.9 Å². The molecule has 7 nitrogen and oxygen atoms in total. The third kappa shape index (κ3) is 5.84. The number of halogens is 2. The minimum atomic E-state index is -3.45. The van der Waals surface area contributed by atoms with E-state index in [0.29, 0.717) is 28.0 Å². The number of hydrogen-bond donors (Lipinski definition) is 0. The zero-order valence-corrected chi connectivity index (χ0v) is 21.3. The maximum Gasteiger partial charge on any atom is 0.196 e. The molecule has 0 radical (unpaired) electrons. The number of ether oxygens (including phenoxy) is 2. The summed E-state index contributed by atoms with van der Waals surface area (Å²) < 4.78 is 39.9. The highest BCUT2D eigenvalue weighted by Gasteiger charge is 2.26. The maximum absolute atomic E-state index is 11.7. The quantitative estimate of drug-likeness (QED) is 0.338. The Bertz CT molecular complexity index is 1300. The van der Waals surface area contributed by atoms with Crippen molar-refractivity contribution < 1.29 is 22.3 Å². The first-order chi connectivity index (χ1) is 16.1. The second-order valence-corrected chi connectivity index (χ2v) is 10.8. The molecule has 180 valence electrons. The molecule has 0 amide bonds. The van der Waals surface area contributed by atoms with E-state index in [2.05, 4.69) is 11.1 Å². The van der Waals surface area contributed by atoms with Crippen molar-refractivity contribution in [2.24, 2.45) is 0 Å². The van der Waals surface area contributed by atoms with Crippen LogP contribution in [0.4, 0.5) is 0 Å². The van der Waals surface area contributed by atoms with Crippen LogP contribution >= 0.6 is 23.2 Å². The number of nitriles is 1. The molecule has 1 aromatic heterocycles. The van der Waals surface area contributed by atoms with Crippen LogP contribution in [-0.4, -0.2) is 38.8 Å². The second kappa shape index (κ2) is 10.7. The van der Waals surface area contributed by atoms with E-state index in [9.17, 15) is 13.7 Å². The van der Waals surface area contributed by atoms with Gasteiger partial charge in [-0.05, 0) is 35.4 Å². The average molecular weight is 523 g/mol. The second-order valence-electron chi connectivity index (χ2n) is 8.08. The Morgan fingerprint density at radius 1 is 1.12 bits per heavy atom. The van der Waals surface area contributed by atoms with Gasteiger partial charge in [-0.3, -0.25) is 0 Å². The van der Waals surface area contributed by atoms with Gasteiger partial charge in [-0.1, -0.05) is 37.6 Å². The predicted molar refractivity (Wildman–Crippen MR) is 130 cm³/mol. The molecular formula is C24H24Cl2N2O5S. The van der Waals surface area contributed by atoms with E-state index in [1.807, 2.05) is 38.1 Å². The van der Waals surface area contributed by atoms with Crippen molar-refractivity contribution in [3.63, 3.8) is 0 Å². The van der Waals surface area contributed by atoms with Crippen molar-refractivity contribution >= 4 is 33.0 Å². The highest BCUT2D eigenvalue weighted by Crippen LogP contribution is 2.38. The minimum absolute atomic E-state index is 0.0670. The topological polar surface area (TPSA) is 102 Å². The molecule has 0 saturated carbocycles. The van der Waals surface area contributed by atoms with Crippen LogP contribution in [-0.2, 0) is 21.7 Å².